The highest BCUT2D eigenvalue weighted by atomic mass is 28.4. The van der Waals surface area contributed by atoms with E-state index >= 15 is 0 Å². The standard InChI is InChI=1S/C24H51NO4Si/c1-7-11-12-13-14-15-16-17-18-19-23(26)25-22-24(5,6)20-21-30(27-8-2,28-9-3)29-10-4/h7-22H2,1-6H3,(H,25,26). The summed E-state index contributed by atoms with van der Waals surface area (Å²) in [4.78, 5) is 12.2. The molecule has 0 aromatic rings. The molecule has 0 fully saturated rings. The number of rotatable bonds is 21. The van der Waals surface area contributed by atoms with Crippen molar-refractivity contribution in [1.29, 1.82) is 0 Å². The third-order valence-electron chi connectivity index (χ3n) is 5.47. The number of carbonyl (C=O) groups is 1. The van der Waals surface area contributed by atoms with Crippen molar-refractivity contribution >= 4 is 14.7 Å². The Bertz CT molecular complexity index is 401. The highest BCUT2D eigenvalue weighted by molar-refractivity contribution is 6.60. The number of hydrogen-bond acceptors (Lipinski definition) is 4. The zero-order valence-corrected chi connectivity index (χ0v) is 21.9. The van der Waals surface area contributed by atoms with Gasteiger partial charge in [-0.1, -0.05) is 72.1 Å². The summed E-state index contributed by atoms with van der Waals surface area (Å²) in [5.41, 5.74) is -0.0162. The minimum absolute atomic E-state index is 0.0162. The van der Waals surface area contributed by atoms with E-state index in [9.17, 15) is 4.79 Å². The summed E-state index contributed by atoms with van der Waals surface area (Å²) in [6.45, 7) is 15.1. The van der Waals surface area contributed by atoms with E-state index in [1.807, 2.05) is 20.8 Å². The number of hydrogen-bond donors (Lipinski definition) is 1. The van der Waals surface area contributed by atoms with Gasteiger partial charge in [0.25, 0.3) is 0 Å². The van der Waals surface area contributed by atoms with Crippen LogP contribution in [0.4, 0.5) is 0 Å². The Hall–Kier alpha value is -0.433. The SMILES string of the molecule is CCCCCCCCCCCC(=O)NCC(C)(C)CC[Si](OCC)(OCC)OCC. The van der Waals surface area contributed by atoms with E-state index < -0.39 is 8.80 Å². The lowest BCUT2D eigenvalue weighted by molar-refractivity contribution is -0.121. The number of nitrogens with one attached hydrogen (secondary N) is 1. The van der Waals surface area contributed by atoms with Gasteiger partial charge in [0.15, 0.2) is 0 Å². The van der Waals surface area contributed by atoms with Crippen molar-refractivity contribution in [2.45, 2.75) is 118 Å². The molecule has 0 atom stereocenters. The first kappa shape index (κ1) is 29.6. The molecular formula is C24H51NO4Si. The zero-order chi connectivity index (χ0) is 22.7. The Kier molecular flexibility index (Phi) is 17.9. The molecule has 180 valence electrons. The van der Waals surface area contributed by atoms with E-state index in [2.05, 4.69) is 26.1 Å². The largest absolute Gasteiger partial charge is 0.500 e. The Morgan fingerprint density at radius 3 is 1.70 bits per heavy atom. The third-order valence-corrected chi connectivity index (χ3v) is 8.52. The molecule has 0 spiro atoms. The summed E-state index contributed by atoms with van der Waals surface area (Å²) in [5.74, 6) is 0.175. The third kappa shape index (κ3) is 15.4. The summed E-state index contributed by atoms with van der Waals surface area (Å²) in [5, 5.41) is 3.13. The molecule has 1 N–H and O–H groups in total. The first-order chi connectivity index (χ1) is 14.3. The Morgan fingerprint density at radius 2 is 1.23 bits per heavy atom. The fourth-order valence-corrected chi connectivity index (χ4v) is 6.59. The van der Waals surface area contributed by atoms with Gasteiger partial charge in [-0.2, -0.15) is 0 Å². The second-order valence-electron chi connectivity index (χ2n) is 9.00. The molecule has 0 aliphatic carbocycles. The smallest absolute Gasteiger partial charge is 0.374 e. The molecule has 30 heavy (non-hydrogen) atoms. The van der Waals surface area contributed by atoms with Gasteiger partial charge in [0, 0.05) is 38.8 Å². The highest BCUT2D eigenvalue weighted by Gasteiger charge is 2.41. The fraction of sp³-hybridized carbons (Fsp3) is 0.958. The summed E-state index contributed by atoms with van der Waals surface area (Å²) in [7, 11) is -2.62. The molecular weight excluding hydrogens is 394 g/mol. The molecule has 0 aliphatic heterocycles. The second-order valence-corrected chi connectivity index (χ2v) is 11.7. The maximum Gasteiger partial charge on any atom is 0.500 e. The van der Waals surface area contributed by atoms with Crippen LogP contribution < -0.4 is 5.32 Å². The van der Waals surface area contributed by atoms with E-state index in [1.54, 1.807) is 0 Å². The van der Waals surface area contributed by atoms with Crippen LogP contribution in [0, 0.1) is 5.41 Å². The van der Waals surface area contributed by atoms with Gasteiger partial charge < -0.3 is 18.6 Å². The normalized spacial score (nSPS) is 12.3. The molecule has 0 rings (SSSR count). The molecule has 0 saturated carbocycles. The lowest BCUT2D eigenvalue weighted by atomic mass is 9.90. The van der Waals surface area contributed by atoms with Crippen molar-refractivity contribution in [2.75, 3.05) is 26.4 Å². The summed E-state index contributed by atoms with van der Waals surface area (Å²) in [6, 6.07) is 0.781. The summed E-state index contributed by atoms with van der Waals surface area (Å²) >= 11 is 0. The fourth-order valence-electron chi connectivity index (χ4n) is 3.60. The Labute approximate surface area is 188 Å². The first-order valence-corrected chi connectivity index (χ1v) is 14.5. The van der Waals surface area contributed by atoms with Gasteiger partial charge in [-0.15, -0.1) is 0 Å². The monoisotopic (exact) mass is 445 g/mol. The van der Waals surface area contributed by atoms with E-state index in [1.165, 1.54) is 44.9 Å². The predicted octanol–water partition coefficient (Wildman–Crippen LogP) is 6.49. The van der Waals surface area contributed by atoms with Gasteiger partial charge in [0.1, 0.15) is 0 Å². The maximum atomic E-state index is 12.2. The summed E-state index contributed by atoms with van der Waals surface area (Å²) < 4.78 is 17.9. The lowest BCUT2D eigenvalue weighted by Crippen LogP contribution is -2.47. The zero-order valence-electron chi connectivity index (χ0n) is 20.9. The minimum Gasteiger partial charge on any atom is -0.374 e. The van der Waals surface area contributed by atoms with Crippen LogP contribution in [0.3, 0.4) is 0 Å². The second kappa shape index (κ2) is 18.2. The minimum atomic E-state index is -2.62. The van der Waals surface area contributed by atoms with E-state index in [0.29, 0.717) is 32.8 Å². The lowest BCUT2D eigenvalue weighted by Gasteiger charge is -2.32. The van der Waals surface area contributed by atoms with Crippen LogP contribution in [0.15, 0.2) is 0 Å². The van der Waals surface area contributed by atoms with Crippen LogP contribution in [0.1, 0.15) is 112 Å². The van der Waals surface area contributed by atoms with Gasteiger partial charge in [0.05, 0.1) is 0 Å². The van der Waals surface area contributed by atoms with Gasteiger partial charge in [-0.3, -0.25) is 4.79 Å². The van der Waals surface area contributed by atoms with E-state index in [4.69, 9.17) is 13.3 Å². The van der Waals surface area contributed by atoms with Crippen molar-refractivity contribution in [3.63, 3.8) is 0 Å². The van der Waals surface area contributed by atoms with Gasteiger partial charge in [-0.05, 0) is 39.0 Å². The van der Waals surface area contributed by atoms with Crippen molar-refractivity contribution in [3.05, 3.63) is 0 Å². The molecule has 5 nitrogen and oxygen atoms in total. The Balaban J connectivity index is 4.09. The molecule has 0 aromatic heterocycles. The van der Waals surface area contributed by atoms with Crippen molar-refractivity contribution in [3.8, 4) is 0 Å². The van der Waals surface area contributed by atoms with Crippen molar-refractivity contribution in [2.24, 2.45) is 5.41 Å². The molecule has 1 amide bonds. The van der Waals surface area contributed by atoms with Gasteiger partial charge in [-0.25, -0.2) is 0 Å². The number of unbranched alkanes of at least 4 members (excludes halogenated alkanes) is 8. The predicted molar refractivity (Wildman–Crippen MR) is 129 cm³/mol. The average Bonchev–Trinajstić information content (AvgIpc) is 2.70. The average molecular weight is 446 g/mol. The number of amides is 1. The van der Waals surface area contributed by atoms with Crippen LogP contribution in [-0.4, -0.2) is 41.1 Å². The topological polar surface area (TPSA) is 56.8 Å². The molecule has 0 aromatic carbocycles. The molecule has 0 bridgehead atoms. The molecule has 0 aliphatic rings. The summed E-state index contributed by atoms with van der Waals surface area (Å²) in [6.07, 6.45) is 13.0. The number of carbonyl (C=O) groups excluding carboxylic acids is 1. The molecule has 6 heteroatoms. The Morgan fingerprint density at radius 1 is 0.767 bits per heavy atom. The highest BCUT2D eigenvalue weighted by Crippen LogP contribution is 2.28. The van der Waals surface area contributed by atoms with Crippen LogP contribution in [0.5, 0.6) is 0 Å². The molecule has 0 unspecified atom stereocenters. The maximum absolute atomic E-state index is 12.2. The molecule has 0 heterocycles. The van der Waals surface area contributed by atoms with E-state index in [0.717, 1.165) is 25.3 Å². The quantitative estimate of drug-likeness (QED) is 0.162. The van der Waals surface area contributed by atoms with Gasteiger partial charge in [0.2, 0.25) is 5.91 Å². The van der Waals surface area contributed by atoms with Crippen molar-refractivity contribution < 1.29 is 18.1 Å². The molecule has 0 radical (unpaired) electrons. The van der Waals surface area contributed by atoms with Crippen LogP contribution in [0.25, 0.3) is 0 Å². The van der Waals surface area contributed by atoms with E-state index in [-0.39, 0.29) is 11.3 Å². The van der Waals surface area contributed by atoms with Gasteiger partial charge >= 0.3 is 8.80 Å². The van der Waals surface area contributed by atoms with Crippen LogP contribution in [-0.2, 0) is 18.1 Å². The van der Waals surface area contributed by atoms with Crippen molar-refractivity contribution in [1.82, 2.24) is 5.32 Å². The molecule has 0 saturated heterocycles. The first-order valence-electron chi connectivity index (χ1n) is 12.5. The van der Waals surface area contributed by atoms with Crippen LogP contribution in [0.2, 0.25) is 6.04 Å². The van der Waals surface area contributed by atoms with Crippen LogP contribution >= 0.6 is 0 Å².